The number of nitrogens with zero attached hydrogens (tertiary/aromatic N) is 3. The predicted octanol–water partition coefficient (Wildman–Crippen LogP) is 2.64. The summed E-state index contributed by atoms with van der Waals surface area (Å²) in [5.41, 5.74) is 7.86. The minimum atomic E-state index is -0.587. The van der Waals surface area contributed by atoms with Crippen LogP contribution in [-0.4, -0.2) is 29.8 Å². The van der Waals surface area contributed by atoms with Gasteiger partial charge in [-0.25, -0.2) is 9.79 Å². The first-order valence-electron chi connectivity index (χ1n) is 7.99. The van der Waals surface area contributed by atoms with Gasteiger partial charge in [-0.2, -0.15) is 5.26 Å². The number of nitrogens with two attached hydrogens (primary N) is 1. The number of nitriles is 1. The van der Waals surface area contributed by atoms with Crippen molar-refractivity contribution in [2.75, 3.05) is 13.7 Å². The van der Waals surface area contributed by atoms with Crippen LogP contribution in [0.25, 0.3) is 0 Å². The maximum absolute atomic E-state index is 12.7. The number of fused-ring (bicyclic) bond motifs is 1. The molecule has 0 unspecified atom stereocenters. The van der Waals surface area contributed by atoms with Crippen LogP contribution < -0.4 is 10.5 Å². The van der Waals surface area contributed by atoms with Gasteiger partial charge < -0.3 is 15.2 Å². The number of esters is 1. The fourth-order valence-electron chi connectivity index (χ4n) is 3.00. The third kappa shape index (κ3) is 2.80. The Labute approximate surface area is 155 Å². The van der Waals surface area contributed by atoms with Crippen molar-refractivity contribution in [2.45, 2.75) is 19.9 Å². The maximum atomic E-state index is 12.7. The Morgan fingerprint density at radius 3 is 2.85 bits per heavy atom. The number of ether oxygens (including phenoxy) is 2. The molecule has 1 atom stereocenters. The molecule has 3 rings (SSSR count). The minimum absolute atomic E-state index is 0.244. The van der Waals surface area contributed by atoms with E-state index in [0.717, 1.165) is 5.56 Å². The number of amidine groups is 1. The van der Waals surface area contributed by atoms with Crippen molar-refractivity contribution in [1.29, 1.82) is 5.26 Å². The smallest absolute Gasteiger partial charge is 0.338 e. The first-order valence-corrected chi connectivity index (χ1v) is 8.81. The number of benzene rings is 1. The number of thioether (sulfide) groups is 1. The molecule has 0 spiro atoms. The Bertz CT molecular complexity index is 898. The molecule has 8 heteroatoms. The lowest BCUT2D eigenvalue weighted by molar-refractivity contribution is -0.139. The second kappa shape index (κ2) is 7.14. The second-order valence-corrected chi connectivity index (χ2v) is 6.53. The standard InChI is InChI=1S/C18H18N4O3S/c1-4-25-17(23)14-10(2)21-18-22(16(20)13(9-19)26-18)15(14)11-7-5-6-8-12(11)24-3/h5-8,15H,4,20H2,1-3H3/t15-/m1/s1. The van der Waals surface area contributed by atoms with E-state index in [4.69, 9.17) is 15.2 Å². The summed E-state index contributed by atoms with van der Waals surface area (Å²) in [7, 11) is 1.57. The van der Waals surface area contributed by atoms with Gasteiger partial charge in [-0.15, -0.1) is 0 Å². The molecule has 2 N–H and O–H groups in total. The Morgan fingerprint density at radius 1 is 1.46 bits per heavy atom. The fraction of sp³-hybridized carbons (Fsp3) is 0.278. The van der Waals surface area contributed by atoms with Crippen LogP contribution in [0.4, 0.5) is 0 Å². The summed E-state index contributed by atoms with van der Waals surface area (Å²) in [6, 6.07) is 8.88. The first kappa shape index (κ1) is 17.9. The van der Waals surface area contributed by atoms with Crippen molar-refractivity contribution in [3.05, 3.63) is 51.8 Å². The van der Waals surface area contributed by atoms with E-state index in [1.165, 1.54) is 11.8 Å². The Morgan fingerprint density at radius 2 is 2.19 bits per heavy atom. The van der Waals surface area contributed by atoms with Gasteiger partial charge in [0.25, 0.3) is 0 Å². The number of aliphatic imine (C=N–C) groups is 1. The van der Waals surface area contributed by atoms with Gasteiger partial charge in [0.05, 0.1) is 25.0 Å². The number of carbonyl (C=O) groups is 1. The van der Waals surface area contributed by atoms with Crippen molar-refractivity contribution < 1.29 is 14.3 Å². The van der Waals surface area contributed by atoms with E-state index in [1.54, 1.807) is 25.9 Å². The molecule has 134 valence electrons. The van der Waals surface area contributed by atoms with Gasteiger partial charge in [0, 0.05) is 5.56 Å². The molecule has 2 aliphatic heterocycles. The van der Waals surface area contributed by atoms with Crippen LogP contribution in [0.3, 0.4) is 0 Å². The molecular weight excluding hydrogens is 352 g/mol. The average molecular weight is 370 g/mol. The van der Waals surface area contributed by atoms with Gasteiger partial charge in [-0.1, -0.05) is 18.2 Å². The molecule has 2 aliphatic rings. The summed E-state index contributed by atoms with van der Waals surface area (Å²) in [6.45, 7) is 3.74. The van der Waals surface area contributed by atoms with Crippen LogP contribution in [0.2, 0.25) is 0 Å². The monoisotopic (exact) mass is 370 g/mol. The Kier molecular flexibility index (Phi) is 4.91. The van der Waals surface area contributed by atoms with E-state index in [1.807, 2.05) is 24.3 Å². The Balaban J connectivity index is 2.23. The van der Waals surface area contributed by atoms with Crippen LogP contribution in [0, 0.1) is 11.3 Å². The van der Waals surface area contributed by atoms with Crippen LogP contribution in [-0.2, 0) is 9.53 Å². The van der Waals surface area contributed by atoms with Crippen LogP contribution in [0.5, 0.6) is 5.75 Å². The molecule has 7 nitrogen and oxygen atoms in total. The van der Waals surface area contributed by atoms with Gasteiger partial charge in [0.1, 0.15) is 28.6 Å². The number of hydrogen-bond donors (Lipinski definition) is 1. The SMILES string of the molecule is CCOC(=O)C1=C(C)N=C2SC(C#N)=C(N)N2[C@@H]1c1ccccc1OC. The van der Waals surface area contributed by atoms with Crippen molar-refractivity contribution in [3.8, 4) is 11.8 Å². The zero-order valence-corrected chi connectivity index (χ0v) is 15.5. The van der Waals surface area contributed by atoms with Gasteiger partial charge in [0.15, 0.2) is 5.17 Å². The molecule has 0 aromatic heterocycles. The average Bonchev–Trinajstić information content (AvgIpc) is 2.96. The third-order valence-corrected chi connectivity index (χ3v) is 5.08. The normalized spacial score (nSPS) is 19.1. The highest BCUT2D eigenvalue weighted by atomic mass is 32.2. The van der Waals surface area contributed by atoms with Crippen molar-refractivity contribution in [3.63, 3.8) is 0 Å². The van der Waals surface area contributed by atoms with Gasteiger partial charge in [0.2, 0.25) is 0 Å². The fourth-order valence-corrected chi connectivity index (χ4v) is 3.91. The predicted molar refractivity (Wildman–Crippen MR) is 98.8 cm³/mol. The third-order valence-electron chi connectivity index (χ3n) is 4.11. The lowest BCUT2D eigenvalue weighted by atomic mass is 9.93. The molecule has 1 aromatic rings. The molecule has 0 radical (unpaired) electrons. The molecule has 0 aliphatic carbocycles. The van der Waals surface area contributed by atoms with Gasteiger partial charge in [-0.3, -0.25) is 4.90 Å². The molecule has 0 amide bonds. The lowest BCUT2D eigenvalue weighted by Crippen LogP contribution is -2.39. The zero-order chi connectivity index (χ0) is 18.8. The minimum Gasteiger partial charge on any atom is -0.496 e. The molecule has 0 fully saturated rings. The van der Waals surface area contributed by atoms with Crippen molar-refractivity contribution >= 4 is 22.9 Å². The van der Waals surface area contributed by atoms with Crippen LogP contribution in [0.15, 0.2) is 51.3 Å². The largest absolute Gasteiger partial charge is 0.496 e. The number of allylic oxidation sites excluding steroid dienone is 2. The number of carbonyl (C=O) groups excluding carboxylic acids is 1. The molecule has 0 saturated heterocycles. The lowest BCUT2D eigenvalue weighted by Gasteiger charge is -2.35. The van der Waals surface area contributed by atoms with E-state index in [-0.39, 0.29) is 12.4 Å². The van der Waals surface area contributed by atoms with Crippen LogP contribution >= 0.6 is 11.8 Å². The van der Waals surface area contributed by atoms with E-state index < -0.39 is 12.0 Å². The summed E-state index contributed by atoms with van der Waals surface area (Å²) in [4.78, 5) is 19.2. The number of methoxy groups -OCH3 is 1. The molecular formula is C18H18N4O3S. The first-order chi connectivity index (χ1) is 12.5. The van der Waals surface area contributed by atoms with E-state index in [2.05, 4.69) is 11.1 Å². The highest BCUT2D eigenvalue weighted by molar-refractivity contribution is 8.17. The topological polar surface area (TPSA) is 101 Å². The Hall–Kier alpha value is -2.92. The summed E-state index contributed by atoms with van der Waals surface area (Å²) in [6.07, 6.45) is 0. The highest BCUT2D eigenvalue weighted by Gasteiger charge is 2.43. The maximum Gasteiger partial charge on any atom is 0.338 e. The van der Waals surface area contributed by atoms with E-state index >= 15 is 0 Å². The molecule has 0 bridgehead atoms. The van der Waals surface area contributed by atoms with Crippen molar-refractivity contribution in [2.24, 2.45) is 10.7 Å². The number of para-hydroxylation sites is 1. The molecule has 1 aromatic carbocycles. The summed E-state index contributed by atoms with van der Waals surface area (Å²) in [5, 5.41) is 9.90. The summed E-state index contributed by atoms with van der Waals surface area (Å²) < 4.78 is 10.7. The van der Waals surface area contributed by atoms with Gasteiger partial charge >= 0.3 is 5.97 Å². The summed E-state index contributed by atoms with van der Waals surface area (Å²) >= 11 is 1.19. The van der Waals surface area contributed by atoms with Crippen molar-refractivity contribution in [1.82, 2.24) is 4.90 Å². The number of hydrogen-bond acceptors (Lipinski definition) is 8. The zero-order valence-electron chi connectivity index (χ0n) is 14.6. The van der Waals surface area contributed by atoms with E-state index in [0.29, 0.717) is 27.1 Å². The second-order valence-electron chi connectivity index (χ2n) is 5.56. The quantitative estimate of drug-likeness (QED) is 0.813. The number of rotatable bonds is 4. The van der Waals surface area contributed by atoms with Crippen LogP contribution in [0.1, 0.15) is 25.5 Å². The highest BCUT2D eigenvalue weighted by Crippen LogP contribution is 2.47. The van der Waals surface area contributed by atoms with Gasteiger partial charge in [-0.05, 0) is 31.7 Å². The molecule has 0 saturated carbocycles. The summed E-state index contributed by atoms with van der Waals surface area (Å²) in [5.74, 6) is 0.407. The molecule has 26 heavy (non-hydrogen) atoms. The van der Waals surface area contributed by atoms with E-state index in [9.17, 15) is 10.1 Å². The molecule has 2 heterocycles.